The Morgan fingerprint density at radius 2 is 2.03 bits per heavy atom. The van der Waals surface area contributed by atoms with E-state index in [1.807, 2.05) is 36.6 Å². The summed E-state index contributed by atoms with van der Waals surface area (Å²) in [5.41, 5.74) is 4.52. The first-order valence-electron chi connectivity index (χ1n) is 10.4. The number of aromatic amines is 1. The van der Waals surface area contributed by atoms with Crippen molar-refractivity contribution in [1.29, 1.82) is 0 Å². The van der Waals surface area contributed by atoms with Gasteiger partial charge in [-0.05, 0) is 38.7 Å². The lowest BCUT2D eigenvalue weighted by molar-refractivity contribution is -0.113. The fraction of sp³-hybridized carbons (Fsp3) is 0.304. The van der Waals surface area contributed by atoms with Gasteiger partial charge in [-0.15, -0.1) is 11.3 Å². The fourth-order valence-electron chi connectivity index (χ4n) is 3.59. The van der Waals surface area contributed by atoms with E-state index < -0.39 is 5.97 Å². The zero-order chi connectivity index (χ0) is 22.7. The van der Waals surface area contributed by atoms with Crippen LogP contribution >= 0.6 is 23.1 Å². The average Bonchev–Trinajstić information content (AvgIpc) is 3.40. The van der Waals surface area contributed by atoms with E-state index in [1.165, 1.54) is 23.1 Å². The summed E-state index contributed by atoms with van der Waals surface area (Å²) in [6, 6.07) is 7.83. The summed E-state index contributed by atoms with van der Waals surface area (Å²) in [7, 11) is 0. The van der Waals surface area contributed by atoms with Crippen molar-refractivity contribution in [2.24, 2.45) is 0 Å². The monoisotopic (exact) mass is 469 g/mol. The fourth-order valence-corrected chi connectivity index (χ4v) is 5.24. The largest absolute Gasteiger partial charge is 0.462 e. The lowest BCUT2D eigenvalue weighted by Gasteiger charge is -2.09. The average molecular weight is 470 g/mol. The van der Waals surface area contributed by atoms with Crippen LogP contribution in [0.2, 0.25) is 0 Å². The Labute approximate surface area is 193 Å². The number of nitrogens with one attached hydrogen (secondary N) is 2. The molecule has 0 fully saturated rings. The van der Waals surface area contributed by atoms with Crippen LogP contribution in [0.5, 0.6) is 0 Å². The maximum absolute atomic E-state index is 12.7. The van der Waals surface area contributed by atoms with Crippen LogP contribution in [0.15, 0.2) is 39.6 Å². The lowest BCUT2D eigenvalue weighted by atomic mass is 10.0. The minimum atomic E-state index is -0.475. The number of ether oxygens (including phenoxy) is 1. The normalized spacial score (nSPS) is 12.4. The molecule has 0 spiro atoms. The van der Waals surface area contributed by atoms with Crippen LogP contribution in [-0.4, -0.2) is 34.2 Å². The third-order valence-corrected chi connectivity index (χ3v) is 6.91. The zero-order valence-corrected chi connectivity index (χ0v) is 19.5. The number of thiophene rings is 1. The molecule has 1 aliphatic carbocycles. The van der Waals surface area contributed by atoms with Crippen molar-refractivity contribution in [2.45, 2.75) is 38.3 Å². The summed E-state index contributed by atoms with van der Waals surface area (Å²) in [4.78, 5) is 44.7. The molecule has 0 atom stereocenters. The number of fused-ring (bicyclic) bond motifs is 1. The molecule has 4 rings (SSSR count). The topological polar surface area (TPSA) is 101 Å². The molecule has 1 aliphatic rings. The van der Waals surface area contributed by atoms with E-state index in [0.717, 1.165) is 47.2 Å². The van der Waals surface area contributed by atoms with E-state index in [-0.39, 0.29) is 23.8 Å². The minimum Gasteiger partial charge on any atom is -0.462 e. The van der Waals surface area contributed by atoms with Crippen molar-refractivity contribution in [1.82, 2.24) is 9.97 Å². The lowest BCUT2D eigenvalue weighted by Crippen LogP contribution is -2.18. The van der Waals surface area contributed by atoms with E-state index in [2.05, 4.69) is 15.3 Å². The number of hydrogen-bond donors (Lipinski definition) is 2. The third-order valence-electron chi connectivity index (χ3n) is 5.15. The Hall–Kier alpha value is -2.91. The highest BCUT2D eigenvalue weighted by atomic mass is 32.2. The van der Waals surface area contributed by atoms with E-state index >= 15 is 0 Å². The summed E-state index contributed by atoms with van der Waals surface area (Å²) in [5.74, 6) is -0.709. The first-order valence-corrected chi connectivity index (χ1v) is 12.2. The summed E-state index contributed by atoms with van der Waals surface area (Å²) in [5, 5.41) is 5.55. The first-order chi connectivity index (χ1) is 15.5. The number of aromatic nitrogens is 2. The van der Waals surface area contributed by atoms with Gasteiger partial charge >= 0.3 is 5.97 Å². The molecule has 0 radical (unpaired) electrons. The highest BCUT2D eigenvalue weighted by Gasteiger charge is 2.23. The number of carbonyl (C=O) groups is 2. The minimum absolute atomic E-state index is 0.0573. The standard InChI is InChI=1S/C23H23N3O4S2/c1-3-30-22(29)19-16(14-9-7-13(2)8-10-14)11-31-21(19)25-18(27)12-32-23-24-17-6-4-5-15(17)20(28)26-23/h7-11H,3-6,12H2,1-2H3,(H,25,27)(H,24,26,28). The smallest absolute Gasteiger partial charge is 0.341 e. The number of hydrogen-bond acceptors (Lipinski definition) is 7. The number of aryl methyl sites for hydroxylation is 2. The molecule has 32 heavy (non-hydrogen) atoms. The van der Waals surface area contributed by atoms with Gasteiger partial charge in [0.2, 0.25) is 5.91 Å². The van der Waals surface area contributed by atoms with E-state index in [1.54, 1.807) is 6.92 Å². The van der Waals surface area contributed by atoms with Crippen molar-refractivity contribution < 1.29 is 14.3 Å². The van der Waals surface area contributed by atoms with Gasteiger partial charge in [-0.2, -0.15) is 0 Å². The number of thioether (sulfide) groups is 1. The molecule has 0 bridgehead atoms. The van der Waals surface area contributed by atoms with Gasteiger partial charge in [0.25, 0.3) is 5.56 Å². The maximum atomic E-state index is 12.7. The summed E-state index contributed by atoms with van der Waals surface area (Å²) in [6.07, 6.45) is 2.47. The molecule has 7 nitrogen and oxygen atoms in total. The van der Waals surface area contributed by atoms with Crippen LogP contribution in [0.4, 0.5) is 5.00 Å². The number of carbonyl (C=O) groups excluding carboxylic acids is 2. The number of amides is 1. The summed E-state index contributed by atoms with van der Waals surface area (Å²) >= 11 is 2.45. The Kier molecular flexibility index (Phi) is 6.76. The first kappa shape index (κ1) is 22.3. The summed E-state index contributed by atoms with van der Waals surface area (Å²) < 4.78 is 5.24. The molecule has 2 aromatic heterocycles. The molecule has 9 heteroatoms. The van der Waals surface area contributed by atoms with Crippen molar-refractivity contribution >= 4 is 40.0 Å². The molecular weight excluding hydrogens is 446 g/mol. The molecule has 3 aromatic rings. The molecular formula is C23H23N3O4S2. The number of anilines is 1. The molecule has 0 unspecified atom stereocenters. The van der Waals surface area contributed by atoms with Crippen molar-refractivity contribution in [2.75, 3.05) is 17.7 Å². The highest BCUT2D eigenvalue weighted by molar-refractivity contribution is 7.99. The van der Waals surface area contributed by atoms with Gasteiger partial charge in [0.1, 0.15) is 10.6 Å². The van der Waals surface area contributed by atoms with Gasteiger partial charge < -0.3 is 15.0 Å². The number of benzene rings is 1. The number of H-pyrrole nitrogens is 1. The molecule has 1 aromatic carbocycles. The van der Waals surface area contributed by atoms with Crippen LogP contribution in [0.3, 0.4) is 0 Å². The zero-order valence-electron chi connectivity index (χ0n) is 17.8. The summed E-state index contributed by atoms with van der Waals surface area (Å²) in [6.45, 7) is 3.98. The van der Waals surface area contributed by atoms with E-state index in [0.29, 0.717) is 15.7 Å². The van der Waals surface area contributed by atoms with Crippen LogP contribution in [-0.2, 0) is 22.4 Å². The maximum Gasteiger partial charge on any atom is 0.341 e. The van der Waals surface area contributed by atoms with Crippen LogP contribution in [0.25, 0.3) is 11.1 Å². The van der Waals surface area contributed by atoms with E-state index in [4.69, 9.17) is 4.74 Å². The number of esters is 1. The van der Waals surface area contributed by atoms with Crippen molar-refractivity contribution in [3.63, 3.8) is 0 Å². The highest BCUT2D eigenvalue weighted by Crippen LogP contribution is 2.36. The molecule has 0 saturated heterocycles. The Balaban J connectivity index is 1.51. The molecule has 2 N–H and O–H groups in total. The van der Waals surface area contributed by atoms with Crippen LogP contribution < -0.4 is 10.9 Å². The van der Waals surface area contributed by atoms with Gasteiger partial charge in [-0.1, -0.05) is 41.6 Å². The Morgan fingerprint density at radius 1 is 1.25 bits per heavy atom. The van der Waals surface area contributed by atoms with Gasteiger partial charge in [-0.3, -0.25) is 9.59 Å². The van der Waals surface area contributed by atoms with Crippen molar-refractivity contribution in [3.8, 4) is 11.1 Å². The van der Waals surface area contributed by atoms with Crippen LogP contribution in [0, 0.1) is 6.92 Å². The SMILES string of the molecule is CCOC(=O)c1c(-c2ccc(C)cc2)csc1NC(=O)CSc1nc2c(c(=O)[nH]1)CCC2. The quantitative estimate of drug-likeness (QED) is 0.305. The molecule has 1 amide bonds. The van der Waals surface area contributed by atoms with Gasteiger partial charge in [-0.25, -0.2) is 9.78 Å². The second-order valence-corrected chi connectivity index (χ2v) is 9.27. The molecule has 2 heterocycles. The van der Waals surface area contributed by atoms with Gasteiger partial charge in [0.15, 0.2) is 5.16 Å². The second-order valence-electron chi connectivity index (χ2n) is 7.43. The third kappa shape index (κ3) is 4.78. The predicted molar refractivity (Wildman–Crippen MR) is 127 cm³/mol. The molecule has 0 aliphatic heterocycles. The van der Waals surface area contributed by atoms with E-state index in [9.17, 15) is 14.4 Å². The van der Waals surface area contributed by atoms with Gasteiger partial charge in [0.05, 0.1) is 18.1 Å². The van der Waals surface area contributed by atoms with Gasteiger partial charge in [0, 0.05) is 16.5 Å². The number of rotatable bonds is 7. The molecule has 0 saturated carbocycles. The Bertz CT molecular complexity index is 1210. The predicted octanol–water partition coefficient (Wildman–Crippen LogP) is 4.20. The molecule has 166 valence electrons. The Morgan fingerprint density at radius 3 is 2.78 bits per heavy atom. The number of nitrogens with zero attached hydrogens (tertiary/aromatic N) is 1. The van der Waals surface area contributed by atoms with Crippen molar-refractivity contribution in [3.05, 3.63) is 62.4 Å². The van der Waals surface area contributed by atoms with Crippen LogP contribution in [0.1, 0.15) is 40.5 Å². The second kappa shape index (κ2) is 9.70.